The number of aliphatic hydroxyl groups is 1. The molecule has 1 N–H and O–H groups in total. The molecule has 5 heteroatoms. The Bertz CT molecular complexity index is 836. The summed E-state index contributed by atoms with van der Waals surface area (Å²) in [7, 11) is 0. The van der Waals surface area contributed by atoms with E-state index >= 15 is 0 Å². The van der Waals surface area contributed by atoms with Gasteiger partial charge in [0.25, 0.3) is 0 Å². The van der Waals surface area contributed by atoms with Crippen molar-refractivity contribution in [3.05, 3.63) is 24.3 Å². The molecule has 0 bridgehead atoms. The predicted molar refractivity (Wildman–Crippen MR) is 238 cm³/mol. The fourth-order valence-electron chi connectivity index (χ4n) is 7.25. The molecule has 55 heavy (non-hydrogen) atoms. The lowest BCUT2D eigenvalue weighted by Gasteiger charge is -2.15. The van der Waals surface area contributed by atoms with E-state index in [0.29, 0.717) is 12.8 Å². The Morgan fingerprint density at radius 3 is 0.982 bits per heavy atom. The van der Waals surface area contributed by atoms with Gasteiger partial charge in [0.1, 0.15) is 6.61 Å². The van der Waals surface area contributed by atoms with Gasteiger partial charge in [0.15, 0.2) is 6.10 Å². The summed E-state index contributed by atoms with van der Waals surface area (Å²) in [6.07, 6.45) is 57.0. The van der Waals surface area contributed by atoms with Gasteiger partial charge in [0.2, 0.25) is 0 Å². The third-order valence-electron chi connectivity index (χ3n) is 11.0. The summed E-state index contributed by atoms with van der Waals surface area (Å²) in [4.78, 5) is 24.4. The van der Waals surface area contributed by atoms with Crippen molar-refractivity contribution in [2.45, 2.75) is 270 Å². The topological polar surface area (TPSA) is 72.8 Å². The van der Waals surface area contributed by atoms with E-state index in [2.05, 4.69) is 38.2 Å². The molecule has 5 nitrogen and oxygen atoms in total. The van der Waals surface area contributed by atoms with Crippen LogP contribution < -0.4 is 0 Å². The van der Waals surface area contributed by atoms with Crippen LogP contribution in [0.5, 0.6) is 0 Å². The Morgan fingerprint density at radius 1 is 0.400 bits per heavy atom. The molecule has 0 rings (SSSR count). The standard InChI is InChI=1S/C50H94O5/c1-3-5-7-9-11-13-15-17-19-21-22-23-24-25-26-27-28-29-31-33-35-37-39-41-43-45-50(53)55-48(46-51)47-54-49(52)44-42-40-38-36-34-32-30-20-18-16-14-12-10-8-6-4-2/h20-22,30,48,51H,3-19,23-29,31-47H2,1-2H3/b22-21-,30-20-. The summed E-state index contributed by atoms with van der Waals surface area (Å²) in [5.41, 5.74) is 0. The number of allylic oxidation sites excluding steroid dienone is 4. The molecule has 1 atom stereocenters. The number of hydrogen-bond acceptors (Lipinski definition) is 5. The zero-order chi connectivity index (χ0) is 40.0. The Labute approximate surface area is 343 Å². The number of esters is 2. The quantitative estimate of drug-likeness (QED) is 0.0379. The van der Waals surface area contributed by atoms with Crippen molar-refractivity contribution in [2.75, 3.05) is 13.2 Å². The highest BCUT2D eigenvalue weighted by molar-refractivity contribution is 5.70. The molecule has 0 aromatic carbocycles. The molecule has 324 valence electrons. The van der Waals surface area contributed by atoms with Gasteiger partial charge >= 0.3 is 11.9 Å². The summed E-state index contributed by atoms with van der Waals surface area (Å²) >= 11 is 0. The van der Waals surface area contributed by atoms with Crippen LogP contribution in [-0.2, 0) is 19.1 Å². The largest absolute Gasteiger partial charge is 0.462 e. The fourth-order valence-corrected chi connectivity index (χ4v) is 7.25. The van der Waals surface area contributed by atoms with Crippen molar-refractivity contribution in [1.82, 2.24) is 0 Å². The minimum atomic E-state index is -0.772. The number of aliphatic hydroxyl groups excluding tert-OH is 1. The summed E-state index contributed by atoms with van der Waals surface area (Å²) in [5.74, 6) is -0.589. The van der Waals surface area contributed by atoms with E-state index in [4.69, 9.17) is 9.47 Å². The highest BCUT2D eigenvalue weighted by Gasteiger charge is 2.16. The molecule has 0 amide bonds. The maximum Gasteiger partial charge on any atom is 0.306 e. The van der Waals surface area contributed by atoms with Gasteiger partial charge in [-0.05, 0) is 64.2 Å². The van der Waals surface area contributed by atoms with Crippen LogP contribution in [0.2, 0.25) is 0 Å². The highest BCUT2D eigenvalue weighted by Crippen LogP contribution is 2.15. The van der Waals surface area contributed by atoms with Crippen molar-refractivity contribution in [1.29, 1.82) is 0 Å². The zero-order valence-corrected chi connectivity index (χ0v) is 37.0. The molecule has 0 aliphatic heterocycles. The van der Waals surface area contributed by atoms with Crippen molar-refractivity contribution in [3.8, 4) is 0 Å². The number of unbranched alkanes of at least 4 members (excludes halogenated alkanes) is 33. The van der Waals surface area contributed by atoms with Crippen molar-refractivity contribution >= 4 is 11.9 Å². The first-order valence-corrected chi connectivity index (χ1v) is 24.4. The Kier molecular flexibility index (Phi) is 45.4. The molecule has 0 saturated carbocycles. The molecule has 0 aromatic heterocycles. The van der Waals surface area contributed by atoms with Gasteiger partial charge in [-0.25, -0.2) is 0 Å². The average Bonchev–Trinajstić information content (AvgIpc) is 3.19. The van der Waals surface area contributed by atoms with Gasteiger partial charge in [-0.15, -0.1) is 0 Å². The van der Waals surface area contributed by atoms with Gasteiger partial charge < -0.3 is 14.6 Å². The summed E-state index contributed by atoms with van der Waals surface area (Å²) < 4.78 is 10.7. The molecule has 0 heterocycles. The van der Waals surface area contributed by atoms with Crippen LogP contribution >= 0.6 is 0 Å². The van der Waals surface area contributed by atoms with Crippen LogP contribution in [0.15, 0.2) is 24.3 Å². The van der Waals surface area contributed by atoms with Crippen molar-refractivity contribution in [2.24, 2.45) is 0 Å². The minimum Gasteiger partial charge on any atom is -0.462 e. The zero-order valence-electron chi connectivity index (χ0n) is 37.0. The number of carbonyl (C=O) groups is 2. The van der Waals surface area contributed by atoms with E-state index < -0.39 is 6.10 Å². The number of hydrogen-bond donors (Lipinski definition) is 1. The van der Waals surface area contributed by atoms with Crippen LogP contribution in [0.3, 0.4) is 0 Å². The van der Waals surface area contributed by atoms with Gasteiger partial charge in [0.05, 0.1) is 6.61 Å². The third-order valence-corrected chi connectivity index (χ3v) is 11.0. The van der Waals surface area contributed by atoms with Crippen molar-refractivity contribution in [3.63, 3.8) is 0 Å². The highest BCUT2D eigenvalue weighted by atomic mass is 16.6. The monoisotopic (exact) mass is 775 g/mol. The average molecular weight is 775 g/mol. The first-order chi connectivity index (χ1) is 27.1. The fraction of sp³-hybridized carbons (Fsp3) is 0.880. The summed E-state index contributed by atoms with van der Waals surface area (Å²) in [6, 6.07) is 0. The molecule has 0 spiro atoms. The van der Waals surface area contributed by atoms with E-state index in [9.17, 15) is 14.7 Å². The van der Waals surface area contributed by atoms with E-state index in [1.165, 1.54) is 193 Å². The second kappa shape index (κ2) is 46.8. The van der Waals surface area contributed by atoms with E-state index in [1.54, 1.807) is 0 Å². The molecule has 0 saturated heterocycles. The Hall–Kier alpha value is -1.62. The lowest BCUT2D eigenvalue weighted by atomic mass is 10.0. The molecular formula is C50H94O5. The van der Waals surface area contributed by atoms with E-state index in [0.717, 1.165) is 44.9 Å². The maximum absolute atomic E-state index is 12.2. The second-order valence-electron chi connectivity index (χ2n) is 16.5. The van der Waals surface area contributed by atoms with Crippen LogP contribution in [0, 0.1) is 0 Å². The van der Waals surface area contributed by atoms with Gasteiger partial charge in [0, 0.05) is 12.8 Å². The summed E-state index contributed by atoms with van der Waals surface area (Å²) in [6.45, 7) is 4.16. The molecule has 1 unspecified atom stereocenters. The second-order valence-corrected chi connectivity index (χ2v) is 16.5. The first kappa shape index (κ1) is 53.4. The SMILES string of the molecule is CCCCCCCCC/C=C\CCCCCCCC(=O)OCC(CO)OC(=O)CCCCCCCCCCCCCCC/C=C\CCCCCCCCCC. The van der Waals surface area contributed by atoms with Crippen LogP contribution in [0.1, 0.15) is 264 Å². The van der Waals surface area contributed by atoms with E-state index in [1.807, 2.05) is 0 Å². The molecule has 0 fully saturated rings. The number of ether oxygens (including phenoxy) is 2. The van der Waals surface area contributed by atoms with Crippen LogP contribution in [0.25, 0.3) is 0 Å². The van der Waals surface area contributed by atoms with Crippen LogP contribution in [-0.4, -0.2) is 36.4 Å². The molecule has 0 aromatic rings. The van der Waals surface area contributed by atoms with Gasteiger partial charge in [-0.2, -0.15) is 0 Å². The normalized spacial score (nSPS) is 12.3. The lowest BCUT2D eigenvalue weighted by Crippen LogP contribution is -2.28. The lowest BCUT2D eigenvalue weighted by molar-refractivity contribution is -0.161. The predicted octanol–water partition coefficient (Wildman–Crippen LogP) is 15.8. The molecular weight excluding hydrogens is 681 g/mol. The van der Waals surface area contributed by atoms with Gasteiger partial charge in [-0.1, -0.05) is 212 Å². The summed E-state index contributed by atoms with van der Waals surface area (Å²) in [5, 5.41) is 9.60. The molecule has 0 radical (unpaired) electrons. The first-order valence-electron chi connectivity index (χ1n) is 24.4. The minimum absolute atomic E-state index is 0.0661. The maximum atomic E-state index is 12.2. The third kappa shape index (κ3) is 45.0. The Morgan fingerprint density at radius 2 is 0.673 bits per heavy atom. The number of rotatable bonds is 45. The van der Waals surface area contributed by atoms with Crippen LogP contribution in [0.4, 0.5) is 0 Å². The number of carbonyl (C=O) groups excluding carboxylic acids is 2. The van der Waals surface area contributed by atoms with Crippen molar-refractivity contribution < 1.29 is 24.2 Å². The van der Waals surface area contributed by atoms with Gasteiger partial charge in [-0.3, -0.25) is 9.59 Å². The van der Waals surface area contributed by atoms with E-state index in [-0.39, 0.29) is 25.2 Å². The Balaban J connectivity index is 3.47. The molecule has 0 aliphatic rings. The smallest absolute Gasteiger partial charge is 0.306 e. The molecule has 0 aliphatic carbocycles.